The van der Waals surface area contributed by atoms with Crippen LogP contribution in [0.2, 0.25) is 0 Å². The van der Waals surface area contributed by atoms with Crippen molar-refractivity contribution in [1.82, 2.24) is 5.43 Å². The number of hydrogen-bond donors (Lipinski definition) is 2. The molecule has 0 unspecified atom stereocenters. The molecule has 1 amide bonds. The molecule has 1 heterocycles. The number of nitrogens with zero attached hydrogens (tertiary/aromatic N) is 2. The first kappa shape index (κ1) is 14.4. The van der Waals surface area contributed by atoms with Crippen LogP contribution in [0.5, 0.6) is 0 Å². The van der Waals surface area contributed by atoms with Gasteiger partial charge in [0.2, 0.25) is 0 Å². The van der Waals surface area contributed by atoms with Gasteiger partial charge in [-0.25, -0.2) is 5.43 Å². The Morgan fingerprint density at radius 1 is 1.43 bits per heavy atom. The average Bonchev–Trinajstić information content (AvgIpc) is 2.96. The third-order valence-corrected chi connectivity index (χ3v) is 2.49. The number of rotatable bonds is 5. The number of non-ortho nitro benzene ring substituents is 1. The second-order valence-corrected chi connectivity index (χ2v) is 3.96. The summed E-state index contributed by atoms with van der Waals surface area (Å²) in [6.07, 6.45) is 1.26. The van der Waals surface area contributed by atoms with E-state index in [0.717, 1.165) is 0 Å². The number of nitrogens with one attached hydrogen (secondary N) is 1. The maximum absolute atomic E-state index is 10.8. The van der Waals surface area contributed by atoms with Crippen molar-refractivity contribution < 1.29 is 19.2 Å². The van der Waals surface area contributed by atoms with Crippen LogP contribution in [0.25, 0.3) is 11.3 Å². The predicted octanol–water partition coefficient (Wildman–Crippen LogP) is 1.30. The van der Waals surface area contributed by atoms with Gasteiger partial charge >= 0.3 is 0 Å². The zero-order valence-corrected chi connectivity index (χ0v) is 10.7. The van der Waals surface area contributed by atoms with E-state index in [4.69, 9.17) is 9.52 Å². The van der Waals surface area contributed by atoms with Crippen molar-refractivity contribution in [3.63, 3.8) is 0 Å². The number of hydrazone groups is 1. The maximum Gasteiger partial charge on any atom is 0.270 e. The number of hydrogen-bond acceptors (Lipinski definition) is 6. The Balaban J connectivity index is 2.14. The number of carbonyl (C=O) groups excluding carboxylic acids is 1. The van der Waals surface area contributed by atoms with Crippen LogP contribution >= 0.6 is 0 Å². The summed E-state index contributed by atoms with van der Waals surface area (Å²) in [5.41, 5.74) is 2.61. The van der Waals surface area contributed by atoms with E-state index in [1.807, 2.05) is 0 Å². The van der Waals surface area contributed by atoms with Crippen molar-refractivity contribution in [1.29, 1.82) is 0 Å². The van der Waals surface area contributed by atoms with Crippen molar-refractivity contribution >= 4 is 17.8 Å². The average molecular weight is 289 g/mol. The lowest BCUT2D eigenvalue weighted by Gasteiger charge is -1.97. The number of amides is 1. The zero-order valence-electron chi connectivity index (χ0n) is 10.7. The Labute approximate surface area is 118 Å². The van der Waals surface area contributed by atoms with E-state index in [0.29, 0.717) is 17.1 Å². The molecule has 0 spiro atoms. The van der Waals surface area contributed by atoms with Gasteiger partial charge in [0.25, 0.3) is 11.6 Å². The molecule has 0 saturated heterocycles. The SMILES string of the molecule is O=C(CO)N/N=C\c1ccc(-c2cccc([N+](=O)[O-])c2)o1. The van der Waals surface area contributed by atoms with Gasteiger partial charge in [0.15, 0.2) is 0 Å². The summed E-state index contributed by atoms with van der Waals surface area (Å²) >= 11 is 0. The van der Waals surface area contributed by atoms with Crippen LogP contribution in [0.1, 0.15) is 5.76 Å². The number of carbonyl (C=O) groups is 1. The highest BCUT2D eigenvalue weighted by Gasteiger charge is 2.09. The van der Waals surface area contributed by atoms with E-state index in [2.05, 4.69) is 10.5 Å². The second-order valence-electron chi connectivity index (χ2n) is 3.96. The minimum Gasteiger partial charge on any atom is -0.455 e. The summed E-state index contributed by atoms with van der Waals surface area (Å²) in [5, 5.41) is 22.8. The molecule has 1 aromatic heterocycles. The fourth-order valence-electron chi connectivity index (χ4n) is 1.55. The van der Waals surface area contributed by atoms with Gasteiger partial charge in [0, 0.05) is 17.7 Å². The lowest BCUT2D eigenvalue weighted by molar-refractivity contribution is -0.384. The van der Waals surface area contributed by atoms with Gasteiger partial charge in [0.1, 0.15) is 18.1 Å². The highest BCUT2D eigenvalue weighted by atomic mass is 16.6. The molecule has 0 radical (unpaired) electrons. The molecule has 2 aromatic rings. The molecular formula is C13H11N3O5. The van der Waals surface area contributed by atoms with Gasteiger partial charge in [0.05, 0.1) is 11.1 Å². The monoisotopic (exact) mass is 289 g/mol. The van der Waals surface area contributed by atoms with Gasteiger partial charge in [-0.3, -0.25) is 14.9 Å². The normalized spacial score (nSPS) is 10.7. The highest BCUT2D eigenvalue weighted by molar-refractivity contribution is 5.81. The molecule has 0 aliphatic carbocycles. The fraction of sp³-hybridized carbons (Fsp3) is 0.0769. The Hall–Kier alpha value is -3.00. The molecule has 0 bridgehead atoms. The number of aliphatic hydroxyl groups excluding tert-OH is 1. The molecule has 0 fully saturated rings. The zero-order chi connectivity index (χ0) is 15.2. The lowest BCUT2D eigenvalue weighted by Crippen LogP contribution is -2.20. The van der Waals surface area contributed by atoms with Gasteiger partial charge in [-0.05, 0) is 12.1 Å². The summed E-state index contributed by atoms with van der Waals surface area (Å²) in [7, 11) is 0. The molecule has 0 saturated carbocycles. The highest BCUT2D eigenvalue weighted by Crippen LogP contribution is 2.25. The Morgan fingerprint density at radius 2 is 2.24 bits per heavy atom. The second kappa shape index (κ2) is 6.44. The molecule has 0 atom stereocenters. The first-order valence-electron chi connectivity index (χ1n) is 5.87. The van der Waals surface area contributed by atoms with Crippen molar-refractivity contribution in [2.45, 2.75) is 0 Å². The van der Waals surface area contributed by atoms with Gasteiger partial charge < -0.3 is 9.52 Å². The van der Waals surface area contributed by atoms with Gasteiger partial charge in [-0.2, -0.15) is 5.10 Å². The van der Waals surface area contributed by atoms with Crippen molar-refractivity contribution in [2.24, 2.45) is 5.10 Å². The van der Waals surface area contributed by atoms with Crippen LogP contribution in [-0.4, -0.2) is 28.8 Å². The molecule has 21 heavy (non-hydrogen) atoms. The van der Waals surface area contributed by atoms with Crippen molar-refractivity contribution in [2.75, 3.05) is 6.61 Å². The topological polar surface area (TPSA) is 118 Å². The van der Waals surface area contributed by atoms with E-state index >= 15 is 0 Å². The maximum atomic E-state index is 10.8. The van der Waals surface area contributed by atoms with Crippen LogP contribution < -0.4 is 5.43 Å². The largest absolute Gasteiger partial charge is 0.455 e. The molecule has 1 aromatic carbocycles. The number of benzene rings is 1. The van der Waals surface area contributed by atoms with Crippen molar-refractivity contribution in [3.05, 3.63) is 52.3 Å². The summed E-state index contributed by atoms with van der Waals surface area (Å²) in [5.74, 6) is 0.153. The molecule has 2 N–H and O–H groups in total. The van der Waals surface area contributed by atoms with Crippen molar-refractivity contribution in [3.8, 4) is 11.3 Å². The molecule has 8 nitrogen and oxygen atoms in total. The van der Waals surface area contributed by atoms with Crippen LogP contribution in [0.4, 0.5) is 5.69 Å². The third-order valence-electron chi connectivity index (χ3n) is 2.49. The quantitative estimate of drug-likeness (QED) is 0.488. The van der Waals surface area contributed by atoms with E-state index in [-0.39, 0.29) is 5.69 Å². The van der Waals surface area contributed by atoms with E-state index in [9.17, 15) is 14.9 Å². The van der Waals surface area contributed by atoms with Crippen LogP contribution in [0.15, 0.2) is 45.9 Å². The van der Waals surface area contributed by atoms with Gasteiger partial charge in [-0.15, -0.1) is 0 Å². The summed E-state index contributed by atoms with van der Waals surface area (Å²) < 4.78 is 5.43. The molecule has 0 aliphatic rings. The van der Waals surface area contributed by atoms with E-state index in [1.54, 1.807) is 24.3 Å². The first-order chi connectivity index (χ1) is 10.1. The summed E-state index contributed by atoms with van der Waals surface area (Å²) in [6.45, 7) is -0.658. The molecular weight excluding hydrogens is 278 g/mol. The van der Waals surface area contributed by atoms with Crippen LogP contribution in [0.3, 0.4) is 0 Å². The minimum absolute atomic E-state index is 0.0330. The third kappa shape index (κ3) is 3.74. The minimum atomic E-state index is -0.658. The lowest BCUT2D eigenvalue weighted by atomic mass is 10.1. The van der Waals surface area contributed by atoms with Crippen LogP contribution in [0, 0.1) is 10.1 Å². The number of aliphatic hydroxyl groups is 1. The molecule has 8 heteroatoms. The van der Waals surface area contributed by atoms with E-state index < -0.39 is 17.4 Å². The van der Waals surface area contributed by atoms with Crippen LogP contribution in [-0.2, 0) is 4.79 Å². The summed E-state index contributed by atoms with van der Waals surface area (Å²) in [4.78, 5) is 21.0. The molecule has 2 rings (SSSR count). The number of nitro groups is 1. The molecule has 0 aliphatic heterocycles. The Kier molecular flexibility index (Phi) is 4.42. The molecule has 108 valence electrons. The Bertz CT molecular complexity index is 693. The Morgan fingerprint density at radius 3 is 2.95 bits per heavy atom. The standard InChI is InChI=1S/C13H11N3O5/c17-8-13(18)15-14-7-11-4-5-12(21-11)9-2-1-3-10(6-9)16(19)20/h1-7,17H,8H2,(H,15,18)/b14-7-. The number of nitro benzene ring substituents is 1. The van der Waals surface area contributed by atoms with E-state index in [1.165, 1.54) is 18.3 Å². The smallest absolute Gasteiger partial charge is 0.270 e. The predicted molar refractivity (Wildman–Crippen MR) is 73.6 cm³/mol. The van der Waals surface area contributed by atoms with Gasteiger partial charge in [-0.1, -0.05) is 12.1 Å². The summed E-state index contributed by atoms with van der Waals surface area (Å²) in [6, 6.07) is 9.26. The number of furan rings is 1. The first-order valence-corrected chi connectivity index (χ1v) is 5.87. The fourth-order valence-corrected chi connectivity index (χ4v) is 1.55.